The SMILES string of the molecule is O=C(OCC(F)(F)F)N1CCCC2(C1)OCCO2. The summed E-state index contributed by atoms with van der Waals surface area (Å²) < 4.78 is 50.8. The average Bonchev–Trinajstić information content (AvgIpc) is 2.73. The summed E-state index contributed by atoms with van der Waals surface area (Å²) in [5, 5.41) is 0. The summed E-state index contributed by atoms with van der Waals surface area (Å²) in [4.78, 5) is 12.7. The standard InChI is InChI=1S/C10H14F3NO4/c11-10(12,13)7-16-8(15)14-3-1-2-9(6-14)17-4-5-18-9/h1-7H2. The van der Waals surface area contributed by atoms with Crippen LogP contribution in [-0.2, 0) is 14.2 Å². The molecule has 2 heterocycles. The minimum atomic E-state index is -4.51. The second-order valence-corrected chi connectivity index (χ2v) is 4.30. The van der Waals surface area contributed by atoms with Gasteiger partial charge in [0.15, 0.2) is 12.4 Å². The Bertz CT molecular complexity index is 315. The van der Waals surface area contributed by atoms with E-state index in [1.165, 1.54) is 4.90 Å². The quantitative estimate of drug-likeness (QED) is 0.724. The molecule has 0 atom stereocenters. The van der Waals surface area contributed by atoms with Crippen LogP contribution in [0.1, 0.15) is 12.8 Å². The Morgan fingerprint density at radius 1 is 1.33 bits per heavy atom. The summed E-state index contributed by atoms with van der Waals surface area (Å²) in [6.07, 6.45) is -4.24. The topological polar surface area (TPSA) is 48.0 Å². The zero-order chi connectivity index (χ0) is 13.2. The van der Waals surface area contributed by atoms with Crippen LogP contribution in [0.2, 0.25) is 0 Å². The van der Waals surface area contributed by atoms with Crippen molar-refractivity contribution in [1.82, 2.24) is 4.90 Å². The first-order valence-corrected chi connectivity index (χ1v) is 5.67. The molecule has 0 aliphatic carbocycles. The van der Waals surface area contributed by atoms with Gasteiger partial charge in [-0.2, -0.15) is 13.2 Å². The van der Waals surface area contributed by atoms with E-state index in [2.05, 4.69) is 4.74 Å². The number of hydrogen-bond donors (Lipinski definition) is 0. The molecule has 0 aromatic heterocycles. The largest absolute Gasteiger partial charge is 0.440 e. The number of likely N-dealkylation sites (tertiary alicyclic amines) is 1. The van der Waals surface area contributed by atoms with E-state index in [9.17, 15) is 18.0 Å². The Hall–Kier alpha value is -1.02. The number of halogens is 3. The number of nitrogens with zero attached hydrogens (tertiary/aromatic N) is 1. The maximum atomic E-state index is 11.9. The van der Waals surface area contributed by atoms with Crippen molar-refractivity contribution >= 4 is 6.09 Å². The molecule has 2 aliphatic rings. The first-order chi connectivity index (χ1) is 8.40. The van der Waals surface area contributed by atoms with Gasteiger partial charge < -0.3 is 19.1 Å². The molecule has 0 bridgehead atoms. The lowest BCUT2D eigenvalue weighted by atomic mass is 10.1. The molecule has 0 unspecified atom stereocenters. The van der Waals surface area contributed by atoms with Gasteiger partial charge in [-0.05, 0) is 6.42 Å². The molecule has 0 aromatic rings. The molecule has 8 heteroatoms. The molecule has 2 rings (SSSR count). The molecular formula is C10H14F3NO4. The predicted molar refractivity (Wildman–Crippen MR) is 52.8 cm³/mol. The molecule has 1 amide bonds. The molecule has 2 saturated heterocycles. The van der Waals surface area contributed by atoms with Gasteiger partial charge in [-0.1, -0.05) is 0 Å². The van der Waals surface area contributed by atoms with Crippen molar-refractivity contribution in [3.05, 3.63) is 0 Å². The maximum absolute atomic E-state index is 11.9. The number of hydrogen-bond acceptors (Lipinski definition) is 4. The van der Waals surface area contributed by atoms with Crippen LogP contribution < -0.4 is 0 Å². The van der Waals surface area contributed by atoms with E-state index in [0.717, 1.165) is 0 Å². The molecule has 5 nitrogen and oxygen atoms in total. The lowest BCUT2D eigenvalue weighted by Gasteiger charge is -2.37. The molecule has 104 valence electrons. The number of carbonyl (C=O) groups excluding carboxylic acids is 1. The van der Waals surface area contributed by atoms with E-state index >= 15 is 0 Å². The van der Waals surface area contributed by atoms with Crippen LogP contribution >= 0.6 is 0 Å². The van der Waals surface area contributed by atoms with Crippen molar-refractivity contribution in [1.29, 1.82) is 0 Å². The minimum absolute atomic E-state index is 0.115. The molecule has 0 radical (unpaired) electrons. The third-order valence-electron chi connectivity index (χ3n) is 2.85. The number of amides is 1. The highest BCUT2D eigenvalue weighted by molar-refractivity contribution is 5.67. The van der Waals surface area contributed by atoms with Gasteiger partial charge in [0.1, 0.15) is 0 Å². The lowest BCUT2D eigenvalue weighted by Crippen LogP contribution is -2.51. The molecule has 18 heavy (non-hydrogen) atoms. The second-order valence-electron chi connectivity index (χ2n) is 4.30. The van der Waals surface area contributed by atoms with E-state index < -0.39 is 24.7 Å². The van der Waals surface area contributed by atoms with Crippen molar-refractivity contribution < 1.29 is 32.2 Å². The summed E-state index contributed by atoms with van der Waals surface area (Å²) in [6.45, 7) is -0.233. The highest BCUT2D eigenvalue weighted by atomic mass is 19.4. The number of carbonyl (C=O) groups is 1. The molecule has 0 N–H and O–H groups in total. The monoisotopic (exact) mass is 269 g/mol. The number of rotatable bonds is 1. The summed E-state index contributed by atoms with van der Waals surface area (Å²) in [5.41, 5.74) is 0. The fourth-order valence-corrected chi connectivity index (χ4v) is 2.11. The van der Waals surface area contributed by atoms with E-state index in [-0.39, 0.29) is 6.54 Å². The Labute approximate surface area is 102 Å². The fourth-order valence-electron chi connectivity index (χ4n) is 2.11. The normalized spacial score (nSPS) is 23.4. The van der Waals surface area contributed by atoms with Gasteiger partial charge in [0.2, 0.25) is 0 Å². The molecule has 0 aromatic carbocycles. The Morgan fingerprint density at radius 3 is 2.61 bits per heavy atom. The average molecular weight is 269 g/mol. The summed E-state index contributed by atoms with van der Waals surface area (Å²) >= 11 is 0. The van der Waals surface area contributed by atoms with Crippen molar-refractivity contribution in [2.24, 2.45) is 0 Å². The van der Waals surface area contributed by atoms with Crippen LogP contribution in [0.15, 0.2) is 0 Å². The van der Waals surface area contributed by atoms with Crippen LogP contribution in [0, 0.1) is 0 Å². The number of alkyl halides is 3. The smallest absolute Gasteiger partial charge is 0.422 e. The van der Waals surface area contributed by atoms with Gasteiger partial charge in [0.25, 0.3) is 0 Å². The van der Waals surface area contributed by atoms with Crippen molar-refractivity contribution in [2.45, 2.75) is 24.8 Å². The number of ether oxygens (including phenoxy) is 3. The third-order valence-corrected chi connectivity index (χ3v) is 2.85. The minimum Gasteiger partial charge on any atom is -0.440 e. The summed E-state index contributed by atoms with van der Waals surface area (Å²) in [7, 11) is 0. The lowest BCUT2D eigenvalue weighted by molar-refractivity contribution is -0.190. The first kappa shape index (κ1) is 13.4. The second kappa shape index (κ2) is 4.93. The van der Waals surface area contributed by atoms with Crippen LogP contribution in [-0.4, -0.2) is 55.9 Å². The molecular weight excluding hydrogens is 255 g/mol. The Morgan fingerprint density at radius 2 is 2.00 bits per heavy atom. The van der Waals surface area contributed by atoms with Crippen molar-refractivity contribution in [3.8, 4) is 0 Å². The van der Waals surface area contributed by atoms with Crippen molar-refractivity contribution in [2.75, 3.05) is 32.9 Å². The number of piperidine rings is 1. The van der Waals surface area contributed by atoms with Gasteiger partial charge >= 0.3 is 12.3 Å². The molecule has 2 aliphatic heterocycles. The Kier molecular flexibility index (Phi) is 3.67. The van der Waals surface area contributed by atoms with Gasteiger partial charge in [0.05, 0.1) is 19.8 Å². The van der Waals surface area contributed by atoms with Crippen LogP contribution in [0.5, 0.6) is 0 Å². The van der Waals surface area contributed by atoms with E-state index in [1.54, 1.807) is 0 Å². The summed E-state index contributed by atoms with van der Waals surface area (Å²) in [6, 6.07) is 0. The van der Waals surface area contributed by atoms with Gasteiger partial charge in [-0.25, -0.2) is 4.79 Å². The van der Waals surface area contributed by atoms with Crippen LogP contribution in [0.3, 0.4) is 0 Å². The maximum Gasteiger partial charge on any atom is 0.422 e. The highest BCUT2D eigenvalue weighted by Crippen LogP contribution is 2.30. The first-order valence-electron chi connectivity index (χ1n) is 5.67. The predicted octanol–water partition coefficient (Wildman–Crippen LogP) is 1.52. The zero-order valence-electron chi connectivity index (χ0n) is 9.66. The fraction of sp³-hybridized carbons (Fsp3) is 0.900. The van der Waals surface area contributed by atoms with Crippen LogP contribution in [0.25, 0.3) is 0 Å². The van der Waals surface area contributed by atoms with E-state index in [0.29, 0.717) is 32.6 Å². The van der Waals surface area contributed by atoms with E-state index in [1.807, 2.05) is 0 Å². The van der Waals surface area contributed by atoms with Gasteiger partial charge in [0, 0.05) is 13.0 Å². The molecule has 2 fully saturated rings. The van der Waals surface area contributed by atoms with Crippen LogP contribution in [0.4, 0.5) is 18.0 Å². The zero-order valence-corrected chi connectivity index (χ0v) is 9.66. The highest BCUT2D eigenvalue weighted by Gasteiger charge is 2.43. The molecule has 0 saturated carbocycles. The molecule has 1 spiro atoms. The Balaban J connectivity index is 1.86. The van der Waals surface area contributed by atoms with E-state index in [4.69, 9.17) is 9.47 Å². The van der Waals surface area contributed by atoms with Gasteiger partial charge in [-0.15, -0.1) is 0 Å². The third kappa shape index (κ3) is 3.26. The van der Waals surface area contributed by atoms with Gasteiger partial charge in [-0.3, -0.25) is 0 Å². The summed E-state index contributed by atoms with van der Waals surface area (Å²) in [5.74, 6) is -0.852. The van der Waals surface area contributed by atoms with Crippen molar-refractivity contribution in [3.63, 3.8) is 0 Å².